The summed E-state index contributed by atoms with van der Waals surface area (Å²) in [6, 6.07) is 0. The van der Waals surface area contributed by atoms with Gasteiger partial charge in [-0.1, -0.05) is 33.6 Å². The Morgan fingerprint density at radius 3 is 1.70 bits per heavy atom. The molecule has 1 atom stereocenters. The molecule has 0 radical (unpaired) electrons. The molecule has 0 aromatic heterocycles. The lowest BCUT2D eigenvalue weighted by Gasteiger charge is -1.89. The van der Waals surface area contributed by atoms with Crippen molar-refractivity contribution in [2.45, 2.75) is 40.0 Å². The fourth-order valence-electron chi connectivity index (χ4n) is 0.148. The highest BCUT2D eigenvalue weighted by molar-refractivity contribution is 7.24. The van der Waals surface area contributed by atoms with Gasteiger partial charge in [-0.25, -0.2) is 0 Å². The van der Waals surface area contributed by atoms with Crippen LogP contribution in [0.4, 0.5) is 0 Å². The summed E-state index contributed by atoms with van der Waals surface area (Å²) in [6.07, 6.45) is 3.62. The highest BCUT2D eigenvalue weighted by Crippen LogP contribution is 2.01. The van der Waals surface area contributed by atoms with Gasteiger partial charge < -0.3 is 9.42 Å². The van der Waals surface area contributed by atoms with Gasteiger partial charge in [0, 0.05) is 0 Å². The van der Waals surface area contributed by atoms with Crippen molar-refractivity contribution >= 4 is 9.03 Å². The quantitative estimate of drug-likeness (QED) is 0.514. The van der Waals surface area contributed by atoms with E-state index in [0.29, 0.717) is 6.61 Å². The maximum absolute atomic E-state index is 8.00. The zero-order chi connectivity index (χ0) is 8.24. The predicted octanol–water partition coefficient (Wildman–Crippen LogP) is 2.72. The van der Waals surface area contributed by atoms with Crippen molar-refractivity contribution in [1.82, 2.24) is 0 Å². The van der Waals surface area contributed by atoms with Crippen LogP contribution in [-0.4, -0.2) is 11.5 Å². The lowest BCUT2D eigenvalue weighted by atomic mass is 10.4. The van der Waals surface area contributed by atoms with Gasteiger partial charge in [0.2, 0.25) is 0 Å². The fourth-order valence-corrected chi connectivity index (χ4v) is 0.443. The number of unbranched alkanes of at least 4 members (excludes halogenated alkanes) is 1. The molecule has 64 valence electrons. The van der Waals surface area contributed by atoms with Crippen LogP contribution in [0.5, 0.6) is 0 Å². The van der Waals surface area contributed by atoms with E-state index >= 15 is 0 Å². The van der Waals surface area contributed by atoms with Gasteiger partial charge in [0.05, 0.1) is 6.61 Å². The second-order valence-corrected chi connectivity index (χ2v) is 2.41. The molecule has 0 spiro atoms. The summed E-state index contributed by atoms with van der Waals surface area (Å²) in [5.74, 6) is 0. The normalized spacial score (nSPS) is 9.60. The van der Waals surface area contributed by atoms with Crippen molar-refractivity contribution in [3.63, 3.8) is 0 Å². The van der Waals surface area contributed by atoms with Gasteiger partial charge in [-0.15, -0.1) is 0 Å². The molecule has 0 saturated carbocycles. The van der Waals surface area contributed by atoms with Gasteiger partial charge in [-0.2, -0.15) is 0 Å². The van der Waals surface area contributed by atoms with E-state index < -0.39 is 0 Å². The van der Waals surface area contributed by atoms with Gasteiger partial charge in [0.25, 0.3) is 0 Å². The Kier molecular flexibility index (Phi) is 21.0. The average molecular weight is 166 g/mol. The first-order chi connectivity index (χ1) is 4.83. The second kappa shape index (κ2) is 16.2. The van der Waals surface area contributed by atoms with Crippen molar-refractivity contribution in [1.29, 1.82) is 0 Å². The predicted molar refractivity (Wildman–Crippen MR) is 47.4 cm³/mol. The maximum atomic E-state index is 8.00. The maximum Gasteiger partial charge on any atom is 0.152 e. The topological polar surface area (TPSA) is 29.5 Å². The van der Waals surface area contributed by atoms with E-state index in [1.165, 1.54) is 12.8 Å². The molecule has 0 rings (SSSR count). The first-order valence-electron chi connectivity index (χ1n) is 3.84. The summed E-state index contributed by atoms with van der Waals surface area (Å²) >= 11 is 0. The molecule has 0 aliphatic rings. The van der Waals surface area contributed by atoms with Crippen LogP contribution in [0.15, 0.2) is 0 Å². The minimum atomic E-state index is -0.335. The molecule has 10 heavy (non-hydrogen) atoms. The zero-order valence-corrected chi connectivity index (χ0v) is 8.18. The Morgan fingerprint density at radius 2 is 1.60 bits per heavy atom. The molecule has 0 heterocycles. The number of rotatable bonds is 4. The van der Waals surface area contributed by atoms with Crippen LogP contribution >= 0.6 is 9.03 Å². The van der Waals surface area contributed by atoms with Crippen LogP contribution in [-0.2, 0) is 4.52 Å². The van der Waals surface area contributed by atoms with E-state index in [1.807, 2.05) is 6.92 Å². The molecule has 0 aliphatic heterocycles. The first kappa shape index (κ1) is 13.0. The summed E-state index contributed by atoms with van der Waals surface area (Å²) in [5.41, 5.74) is 0. The van der Waals surface area contributed by atoms with Crippen molar-refractivity contribution in [3.8, 4) is 0 Å². The Balaban J connectivity index is 0. The molecule has 0 aromatic carbocycles. The number of hydrogen-bond acceptors (Lipinski definition) is 2. The average Bonchev–Trinajstić information content (AvgIpc) is 2.01. The summed E-state index contributed by atoms with van der Waals surface area (Å²) in [5, 5.41) is 0. The lowest BCUT2D eigenvalue weighted by Crippen LogP contribution is -1.77. The largest absolute Gasteiger partial charge is 0.352 e. The summed E-state index contributed by atoms with van der Waals surface area (Å²) in [6.45, 7) is 7.04. The van der Waals surface area contributed by atoms with Crippen LogP contribution in [0.3, 0.4) is 0 Å². The molecule has 0 amide bonds. The summed E-state index contributed by atoms with van der Waals surface area (Å²) in [7, 11) is -0.335. The molecule has 0 aliphatic carbocycles. The first-order valence-corrected chi connectivity index (χ1v) is 4.69. The van der Waals surface area contributed by atoms with Crippen molar-refractivity contribution in [3.05, 3.63) is 0 Å². The molecular weight excluding hydrogens is 147 g/mol. The molecule has 1 unspecified atom stereocenters. The highest BCUT2D eigenvalue weighted by Gasteiger charge is 1.74. The van der Waals surface area contributed by atoms with E-state index in [-0.39, 0.29) is 9.03 Å². The van der Waals surface area contributed by atoms with Crippen LogP contribution < -0.4 is 0 Å². The van der Waals surface area contributed by atoms with E-state index in [0.717, 1.165) is 6.42 Å². The SMILES string of the molecule is CCCC.CCCOPO. The molecule has 0 aromatic rings. The van der Waals surface area contributed by atoms with Gasteiger partial charge in [-0.05, 0) is 6.42 Å². The van der Waals surface area contributed by atoms with E-state index in [9.17, 15) is 0 Å². The van der Waals surface area contributed by atoms with Gasteiger partial charge in [0.1, 0.15) is 0 Å². The second-order valence-electron chi connectivity index (χ2n) is 1.94. The molecule has 2 nitrogen and oxygen atoms in total. The standard InChI is InChI=1S/C4H10.C3H9O2P/c1-3-4-2;1-2-3-5-6-4/h3-4H2,1-2H3;4,6H,2-3H2,1H3. The molecule has 3 heteroatoms. The Bertz CT molecular complexity index is 36.6. The van der Waals surface area contributed by atoms with Crippen LogP contribution in [0, 0.1) is 0 Å². The minimum absolute atomic E-state index is 0.335. The zero-order valence-electron chi connectivity index (χ0n) is 7.18. The van der Waals surface area contributed by atoms with Crippen LogP contribution in [0.1, 0.15) is 40.0 Å². The minimum Gasteiger partial charge on any atom is -0.352 e. The Labute approximate surface area is 65.9 Å². The van der Waals surface area contributed by atoms with Gasteiger partial charge in [-0.3, -0.25) is 0 Å². The Morgan fingerprint density at radius 1 is 1.10 bits per heavy atom. The van der Waals surface area contributed by atoms with Crippen molar-refractivity contribution < 1.29 is 9.42 Å². The molecule has 1 N–H and O–H groups in total. The van der Waals surface area contributed by atoms with Crippen LogP contribution in [0.2, 0.25) is 0 Å². The fraction of sp³-hybridized carbons (Fsp3) is 1.00. The molecule has 0 saturated heterocycles. The van der Waals surface area contributed by atoms with Gasteiger partial charge in [0.15, 0.2) is 9.03 Å². The van der Waals surface area contributed by atoms with Gasteiger partial charge >= 0.3 is 0 Å². The third-order valence-corrected chi connectivity index (χ3v) is 1.20. The van der Waals surface area contributed by atoms with E-state index in [4.69, 9.17) is 4.89 Å². The third-order valence-electron chi connectivity index (χ3n) is 0.871. The van der Waals surface area contributed by atoms with Crippen LogP contribution in [0.25, 0.3) is 0 Å². The third kappa shape index (κ3) is 23.8. The smallest absolute Gasteiger partial charge is 0.152 e. The summed E-state index contributed by atoms with van der Waals surface area (Å²) in [4.78, 5) is 8.00. The summed E-state index contributed by atoms with van der Waals surface area (Å²) < 4.78 is 4.57. The number of hydrogen-bond donors (Lipinski definition) is 1. The highest BCUT2D eigenvalue weighted by atomic mass is 31.1. The Hall–Kier alpha value is 0.350. The van der Waals surface area contributed by atoms with Crippen molar-refractivity contribution in [2.24, 2.45) is 0 Å². The molecular formula is C7H19O2P. The molecule has 0 fully saturated rings. The lowest BCUT2D eigenvalue weighted by molar-refractivity contribution is 0.326. The van der Waals surface area contributed by atoms with Crippen molar-refractivity contribution in [2.75, 3.05) is 6.61 Å². The molecule has 0 bridgehead atoms. The van der Waals surface area contributed by atoms with E-state index in [2.05, 4.69) is 18.4 Å². The van der Waals surface area contributed by atoms with E-state index in [1.54, 1.807) is 0 Å². The monoisotopic (exact) mass is 166 g/mol.